The summed E-state index contributed by atoms with van der Waals surface area (Å²) in [7, 11) is 0. The average Bonchev–Trinajstić information content (AvgIpc) is 2.97. The molecular weight excluding hydrogens is 498 g/mol. The highest BCUT2D eigenvalue weighted by molar-refractivity contribution is 5.87. The largest absolute Gasteiger partial charge is 0.394 e. The predicted octanol–water partition coefficient (Wildman–Crippen LogP) is 5.84. The van der Waals surface area contributed by atoms with Gasteiger partial charge in [0.05, 0.1) is 12.6 Å². The van der Waals surface area contributed by atoms with E-state index in [1.807, 2.05) is 60.7 Å². The van der Waals surface area contributed by atoms with Crippen molar-refractivity contribution < 1.29 is 14.7 Å². The molecule has 3 amide bonds. The number of rotatable bonds is 15. The third-order valence-corrected chi connectivity index (χ3v) is 7.12. The van der Waals surface area contributed by atoms with Crippen molar-refractivity contribution in [2.45, 2.75) is 65.0 Å². The lowest BCUT2D eigenvalue weighted by Crippen LogP contribution is -2.55. The predicted molar refractivity (Wildman–Crippen MR) is 163 cm³/mol. The number of nitrogens with one attached hydrogen (secondary N) is 2. The van der Waals surface area contributed by atoms with Gasteiger partial charge >= 0.3 is 6.03 Å². The zero-order valence-corrected chi connectivity index (χ0v) is 24.2. The van der Waals surface area contributed by atoms with Crippen molar-refractivity contribution in [2.24, 2.45) is 5.92 Å². The molecule has 2 atom stereocenters. The SMILES string of the molecule is CCCCNC(=O)[C@H](Cc1ccc(-c2ccccc2)cc1)NC(=O)N(CCC(C)C)[C@@H](CO)Cc1ccccc1. The molecule has 0 bridgehead atoms. The van der Waals surface area contributed by atoms with Gasteiger partial charge in [0.25, 0.3) is 0 Å². The number of unbranched alkanes of at least 4 members (excludes halogenated alkanes) is 1. The van der Waals surface area contributed by atoms with Crippen LogP contribution in [0.25, 0.3) is 11.1 Å². The van der Waals surface area contributed by atoms with Crippen LogP contribution >= 0.6 is 0 Å². The van der Waals surface area contributed by atoms with Gasteiger partial charge in [-0.15, -0.1) is 0 Å². The maximum atomic E-state index is 13.7. The first kappa shape index (κ1) is 30.9. The van der Waals surface area contributed by atoms with Gasteiger partial charge in [0.2, 0.25) is 5.91 Å². The molecule has 0 aliphatic heterocycles. The summed E-state index contributed by atoms with van der Waals surface area (Å²) in [5.74, 6) is 0.198. The molecule has 0 aliphatic carbocycles. The molecule has 214 valence electrons. The van der Waals surface area contributed by atoms with Crippen molar-refractivity contribution in [1.29, 1.82) is 0 Å². The molecule has 6 heteroatoms. The van der Waals surface area contributed by atoms with E-state index in [2.05, 4.69) is 55.7 Å². The minimum absolute atomic E-state index is 0.158. The van der Waals surface area contributed by atoms with E-state index < -0.39 is 12.1 Å². The summed E-state index contributed by atoms with van der Waals surface area (Å²) in [5, 5.41) is 16.3. The summed E-state index contributed by atoms with van der Waals surface area (Å²) in [5.41, 5.74) is 4.25. The molecule has 6 nitrogen and oxygen atoms in total. The number of hydrogen-bond acceptors (Lipinski definition) is 3. The summed E-state index contributed by atoms with van der Waals surface area (Å²) in [6.45, 7) is 7.22. The molecule has 0 fully saturated rings. The minimum Gasteiger partial charge on any atom is -0.394 e. The number of aliphatic hydroxyl groups excluding tert-OH is 1. The van der Waals surface area contributed by atoms with Crippen LogP contribution in [0.3, 0.4) is 0 Å². The van der Waals surface area contributed by atoms with Gasteiger partial charge in [-0.2, -0.15) is 0 Å². The second-order valence-corrected chi connectivity index (χ2v) is 10.8. The van der Waals surface area contributed by atoms with Crippen LogP contribution in [-0.2, 0) is 17.6 Å². The molecule has 0 aromatic heterocycles. The monoisotopic (exact) mass is 543 g/mol. The number of carbonyl (C=O) groups is 2. The summed E-state index contributed by atoms with van der Waals surface area (Å²) in [6, 6.07) is 26.7. The minimum atomic E-state index is -0.732. The Balaban J connectivity index is 1.79. The van der Waals surface area contributed by atoms with Gasteiger partial charge in [0.1, 0.15) is 6.04 Å². The van der Waals surface area contributed by atoms with Crippen molar-refractivity contribution in [2.75, 3.05) is 19.7 Å². The molecule has 0 unspecified atom stereocenters. The number of aliphatic hydroxyl groups is 1. The molecule has 3 aromatic carbocycles. The highest BCUT2D eigenvalue weighted by atomic mass is 16.3. The molecule has 3 aromatic rings. The Labute approximate surface area is 239 Å². The van der Waals surface area contributed by atoms with E-state index in [0.717, 1.165) is 41.5 Å². The van der Waals surface area contributed by atoms with Crippen LogP contribution in [0.2, 0.25) is 0 Å². The Morgan fingerprint density at radius 3 is 2.02 bits per heavy atom. The molecule has 0 aliphatic rings. The van der Waals surface area contributed by atoms with Gasteiger partial charge in [-0.3, -0.25) is 4.79 Å². The Hall–Kier alpha value is -3.64. The first-order chi connectivity index (χ1) is 19.4. The molecule has 3 N–H and O–H groups in total. The number of hydrogen-bond donors (Lipinski definition) is 3. The number of carbonyl (C=O) groups excluding carboxylic acids is 2. The Bertz CT molecular complexity index is 1150. The normalized spacial score (nSPS) is 12.5. The van der Waals surface area contributed by atoms with Crippen molar-refractivity contribution in [1.82, 2.24) is 15.5 Å². The van der Waals surface area contributed by atoms with E-state index in [-0.39, 0.29) is 18.5 Å². The molecule has 3 rings (SSSR count). The highest BCUT2D eigenvalue weighted by Gasteiger charge is 2.28. The van der Waals surface area contributed by atoms with Crippen molar-refractivity contribution in [3.05, 3.63) is 96.1 Å². The maximum absolute atomic E-state index is 13.7. The van der Waals surface area contributed by atoms with Gasteiger partial charge in [-0.1, -0.05) is 112 Å². The third-order valence-electron chi connectivity index (χ3n) is 7.12. The third kappa shape index (κ3) is 9.83. The molecular formula is C34H45N3O3. The smallest absolute Gasteiger partial charge is 0.318 e. The molecule has 0 spiro atoms. The quantitative estimate of drug-likeness (QED) is 0.211. The van der Waals surface area contributed by atoms with Crippen LogP contribution in [0.5, 0.6) is 0 Å². The van der Waals surface area contributed by atoms with Gasteiger partial charge in [0.15, 0.2) is 0 Å². The Morgan fingerprint density at radius 2 is 1.43 bits per heavy atom. The fourth-order valence-electron chi connectivity index (χ4n) is 4.66. The zero-order valence-electron chi connectivity index (χ0n) is 24.2. The van der Waals surface area contributed by atoms with E-state index in [1.165, 1.54) is 0 Å². The molecule has 40 heavy (non-hydrogen) atoms. The maximum Gasteiger partial charge on any atom is 0.318 e. The Kier molecular flexibility index (Phi) is 12.7. The number of benzene rings is 3. The second kappa shape index (κ2) is 16.5. The second-order valence-electron chi connectivity index (χ2n) is 10.8. The van der Waals surface area contributed by atoms with Gasteiger partial charge in [-0.05, 0) is 47.4 Å². The van der Waals surface area contributed by atoms with Gasteiger partial charge in [0, 0.05) is 19.5 Å². The summed E-state index contributed by atoms with van der Waals surface area (Å²) in [4.78, 5) is 28.7. The van der Waals surface area contributed by atoms with E-state index in [0.29, 0.717) is 31.8 Å². The lowest BCUT2D eigenvalue weighted by atomic mass is 10.00. The molecule has 0 heterocycles. The fourth-order valence-corrected chi connectivity index (χ4v) is 4.66. The first-order valence-corrected chi connectivity index (χ1v) is 14.5. The van der Waals surface area contributed by atoms with Crippen molar-refractivity contribution >= 4 is 11.9 Å². The topological polar surface area (TPSA) is 81.7 Å². The lowest BCUT2D eigenvalue weighted by Gasteiger charge is -2.33. The number of amides is 3. The number of urea groups is 1. The molecule has 0 saturated carbocycles. The summed E-state index contributed by atoms with van der Waals surface area (Å²) in [6.07, 6.45) is 3.56. The molecule has 0 saturated heterocycles. The fraction of sp³-hybridized carbons (Fsp3) is 0.412. The molecule has 0 radical (unpaired) electrons. The first-order valence-electron chi connectivity index (χ1n) is 14.5. The Morgan fingerprint density at radius 1 is 0.825 bits per heavy atom. The number of nitrogens with zero attached hydrogens (tertiary/aromatic N) is 1. The standard InChI is InChI=1S/C34H45N3O3/c1-4-5-21-35-33(39)32(24-28-16-18-30(19-17-28)29-14-10-7-11-15-29)36-34(40)37(22-20-26(2)3)31(25-38)23-27-12-8-6-9-13-27/h6-19,26,31-32,38H,4-5,20-25H2,1-3H3,(H,35,39)(H,36,40)/t31-,32+/m1/s1. The van der Waals surface area contributed by atoms with E-state index in [4.69, 9.17) is 0 Å². The van der Waals surface area contributed by atoms with Crippen LogP contribution in [0.15, 0.2) is 84.9 Å². The lowest BCUT2D eigenvalue weighted by molar-refractivity contribution is -0.123. The van der Waals surface area contributed by atoms with Gasteiger partial charge < -0.3 is 20.6 Å². The van der Waals surface area contributed by atoms with E-state index in [1.54, 1.807) is 4.90 Å². The highest BCUT2D eigenvalue weighted by Crippen LogP contribution is 2.20. The summed E-state index contributed by atoms with van der Waals surface area (Å²) < 4.78 is 0. The van der Waals surface area contributed by atoms with Crippen LogP contribution in [0, 0.1) is 5.92 Å². The van der Waals surface area contributed by atoms with Gasteiger partial charge in [-0.25, -0.2) is 4.79 Å². The van der Waals surface area contributed by atoms with Crippen molar-refractivity contribution in [3.8, 4) is 11.1 Å². The zero-order chi connectivity index (χ0) is 28.7. The van der Waals surface area contributed by atoms with Crippen molar-refractivity contribution in [3.63, 3.8) is 0 Å². The summed E-state index contributed by atoms with van der Waals surface area (Å²) >= 11 is 0. The van der Waals surface area contributed by atoms with Crippen LogP contribution in [0.1, 0.15) is 51.2 Å². The van der Waals surface area contributed by atoms with Crippen LogP contribution in [0.4, 0.5) is 4.79 Å². The average molecular weight is 544 g/mol. The van der Waals surface area contributed by atoms with Crippen LogP contribution < -0.4 is 10.6 Å². The van der Waals surface area contributed by atoms with E-state index >= 15 is 0 Å². The van der Waals surface area contributed by atoms with Crippen LogP contribution in [-0.4, -0.2) is 53.7 Å². The van der Waals surface area contributed by atoms with E-state index in [9.17, 15) is 14.7 Å².